The summed E-state index contributed by atoms with van der Waals surface area (Å²) in [5.41, 5.74) is 2.08. The molecule has 2 aromatic carbocycles. The number of hydrogen-bond donors (Lipinski definition) is 2. The van der Waals surface area contributed by atoms with E-state index in [4.69, 9.17) is 9.51 Å². The number of hydrogen-bond acceptors (Lipinski definition) is 5. The maximum Gasteiger partial charge on any atom is 0.322 e. The molecular formula is C29H35FNO5P. The predicted molar refractivity (Wildman–Crippen MR) is 145 cm³/mol. The first-order valence-electron chi connectivity index (χ1n) is 12.4. The largest absolute Gasteiger partial charge is 0.480 e. The van der Waals surface area contributed by atoms with Gasteiger partial charge in [0.05, 0.1) is 11.4 Å². The second kappa shape index (κ2) is 11.3. The Morgan fingerprint density at radius 2 is 1.68 bits per heavy atom. The van der Waals surface area contributed by atoms with Crippen molar-refractivity contribution in [1.82, 2.24) is 4.98 Å². The number of carboxylic acids is 1. The zero-order valence-electron chi connectivity index (χ0n) is 22.1. The first kappa shape index (κ1) is 28.7. The number of carboxylic acid groups (broad SMARTS) is 1. The number of pyridine rings is 1. The van der Waals surface area contributed by atoms with Gasteiger partial charge in [0.25, 0.3) is 0 Å². The van der Waals surface area contributed by atoms with E-state index < -0.39 is 30.6 Å². The number of aliphatic carboxylic acids is 1. The average Bonchev–Trinajstić information content (AvgIpc) is 2.88. The molecule has 2 N–H and O–H groups in total. The molecule has 0 bridgehead atoms. The summed E-state index contributed by atoms with van der Waals surface area (Å²) < 4.78 is 32.4. The van der Waals surface area contributed by atoms with Crippen molar-refractivity contribution in [3.05, 3.63) is 77.2 Å². The van der Waals surface area contributed by atoms with Gasteiger partial charge >= 0.3 is 5.97 Å². The van der Waals surface area contributed by atoms with Gasteiger partial charge in [-0.3, -0.25) is 14.3 Å². The van der Waals surface area contributed by atoms with E-state index in [1.54, 1.807) is 19.1 Å². The SMILES string of the molecule is CCc1c(-c2ccccc2)nc(C(C)C)c(C(C)(O)C(CC)(C(=O)O)[PH](=O)OC)c1-c1ccc(F)cc1. The number of aromatic nitrogens is 1. The highest BCUT2D eigenvalue weighted by Crippen LogP contribution is 2.57. The fourth-order valence-corrected chi connectivity index (χ4v) is 6.52. The summed E-state index contributed by atoms with van der Waals surface area (Å²) in [5.74, 6) is -2.08. The van der Waals surface area contributed by atoms with Crippen LogP contribution in [0.1, 0.15) is 63.8 Å². The minimum atomic E-state index is -3.30. The van der Waals surface area contributed by atoms with Crippen molar-refractivity contribution >= 4 is 14.0 Å². The van der Waals surface area contributed by atoms with Crippen LogP contribution in [0.5, 0.6) is 0 Å². The summed E-state index contributed by atoms with van der Waals surface area (Å²) in [6.07, 6.45) is 0.348. The van der Waals surface area contributed by atoms with Crippen LogP contribution in [0.4, 0.5) is 4.39 Å². The summed E-state index contributed by atoms with van der Waals surface area (Å²) in [4.78, 5) is 17.8. The Balaban J connectivity index is 2.61. The monoisotopic (exact) mass is 527 g/mol. The third-order valence-corrected chi connectivity index (χ3v) is 9.28. The van der Waals surface area contributed by atoms with Gasteiger partial charge in [0.1, 0.15) is 11.4 Å². The second-order valence-corrected chi connectivity index (χ2v) is 11.4. The standard InChI is InChI=1S/C29H35FNO5P/c1-7-22-23(19-14-16-21(30)17-15-19)24(28(5,34)29(8-2,27(32)33)37(35)36-6)25(18(3)4)31-26(22)20-12-10-9-11-13-20/h9-18,34,37H,7-8H2,1-6H3,(H,32,33). The van der Waals surface area contributed by atoms with Gasteiger partial charge in [-0.15, -0.1) is 0 Å². The first-order chi connectivity index (χ1) is 17.5. The van der Waals surface area contributed by atoms with E-state index in [1.165, 1.54) is 26.2 Å². The molecule has 1 aromatic heterocycles. The van der Waals surface area contributed by atoms with Crippen LogP contribution >= 0.6 is 8.03 Å². The maximum absolute atomic E-state index is 14.0. The molecule has 3 unspecified atom stereocenters. The highest BCUT2D eigenvalue weighted by molar-refractivity contribution is 7.42. The number of nitrogens with zero attached hydrogens (tertiary/aromatic N) is 1. The van der Waals surface area contributed by atoms with Crippen LogP contribution < -0.4 is 0 Å². The van der Waals surface area contributed by atoms with Crippen LogP contribution in [0.15, 0.2) is 54.6 Å². The Morgan fingerprint density at radius 1 is 1.08 bits per heavy atom. The van der Waals surface area contributed by atoms with E-state index in [0.717, 1.165) is 11.1 Å². The van der Waals surface area contributed by atoms with Crippen LogP contribution in [-0.4, -0.2) is 33.4 Å². The molecular weight excluding hydrogens is 492 g/mol. The maximum atomic E-state index is 14.0. The van der Waals surface area contributed by atoms with E-state index >= 15 is 0 Å². The van der Waals surface area contributed by atoms with E-state index in [0.29, 0.717) is 28.9 Å². The summed E-state index contributed by atoms with van der Waals surface area (Å²) in [6.45, 7) is 8.72. The van der Waals surface area contributed by atoms with Crippen LogP contribution in [0.25, 0.3) is 22.4 Å². The van der Waals surface area contributed by atoms with Crippen molar-refractivity contribution in [3.8, 4) is 22.4 Å². The molecule has 0 radical (unpaired) electrons. The smallest absolute Gasteiger partial charge is 0.322 e. The highest BCUT2D eigenvalue weighted by Gasteiger charge is 2.60. The number of aliphatic hydroxyl groups is 1. The molecule has 8 heteroatoms. The number of carbonyl (C=O) groups is 1. The minimum Gasteiger partial charge on any atom is -0.480 e. The summed E-state index contributed by atoms with van der Waals surface area (Å²) in [5, 5.41) is 20.6. The lowest BCUT2D eigenvalue weighted by atomic mass is 9.73. The van der Waals surface area contributed by atoms with E-state index in [9.17, 15) is 24.0 Å². The normalized spacial score (nSPS) is 15.7. The van der Waals surface area contributed by atoms with Gasteiger partial charge in [-0.2, -0.15) is 0 Å². The Morgan fingerprint density at radius 3 is 2.14 bits per heavy atom. The van der Waals surface area contributed by atoms with Crippen molar-refractivity contribution in [2.75, 3.05) is 7.11 Å². The van der Waals surface area contributed by atoms with E-state index in [2.05, 4.69) is 0 Å². The third kappa shape index (κ3) is 4.88. The van der Waals surface area contributed by atoms with Crippen molar-refractivity contribution < 1.29 is 28.5 Å². The van der Waals surface area contributed by atoms with E-state index in [1.807, 2.05) is 51.1 Å². The second-order valence-electron chi connectivity index (χ2n) is 9.58. The number of rotatable bonds is 10. The Kier molecular flexibility index (Phi) is 8.74. The lowest BCUT2D eigenvalue weighted by Crippen LogP contribution is -2.53. The molecule has 3 atom stereocenters. The zero-order valence-corrected chi connectivity index (χ0v) is 23.1. The summed E-state index contributed by atoms with van der Waals surface area (Å²) in [7, 11) is -2.11. The van der Waals surface area contributed by atoms with Gasteiger partial charge in [0.2, 0.25) is 8.03 Å². The Hall–Kier alpha value is -2.86. The van der Waals surface area contributed by atoms with E-state index in [-0.39, 0.29) is 17.9 Å². The molecule has 198 valence electrons. The highest BCUT2D eigenvalue weighted by atomic mass is 31.1. The van der Waals surface area contributed by atoms with Gasteiger partial charge in [-0.1, -0.05) is 70.2 Å². The molecule has 0 aliphatic carbocycles. The Bertz CT molecular complexity index is 1290. The van der Waals surface area contributed by atoms with Gasteiger partial charge < -0.3 is 14.7 Å². The molecule has 0 aliphatic heterocycles. The van der Waals surface area contributed by atoms with Crippen LogP contribution in [0, 0.1) is 5.82 Å². The lowest BCUT2D eigenvalue weighted by Gasteiger charge is -2.43. The molecule has 0 amide bonds. The lowest BCUT2D eigenvalue weighted by molar-refractivity contribution is -0.149. The summed E-state index contributed by atoms with van der Waals surface area (Å²) >= 11 is 0. The van der Waals surface area contributed by atoms with Crippen LogP contribution in [0.3, 0.4) is 0 Å². The molecule has 3 rings (SSSR count). The van der Waals surface area contributed by atoms with Crippen molar-refractivity contribution in [2.45, 2.75) is 64.1 Å². The summed E-state index contributed by atoms with van der Waals surface area (Å²) in [6, 6.07) is 15.5. The van der Waals surface area contributed by atoms with Crippen molar-refractivity contribution in [3.63, 3.8) is 0 Å². The fraction of sp³-hybridized carbons (Fsp3) is 0.379. The molecule has 6 nitrogen and oxygen atoms in total. The predicted octanol–water partition coefficient (Wildman–Crippen LogP) is 6.80. The van der Waals surface area contributed by atoms with Crippen molar-refractivity contribution in [1.29, 1.82) is 0 Å². The molecule has 0 fully saturated rings. The minimum absolute atomic E-state index is 0.150. The molecule has 0 saturated heterocycles. The Labute approximate surface area is 218 Å². The average molecular weight is 528 g/mol. The molecule has 1 heterocycles. The fourth-order valence-electron chi connectivity index (χ4n) is 5.19. The van der Waals surface area contributed by atoms with Gasteiger partial charge in [0, 0.05) is 18.2 Å². The molecule has 37 heavy (non-hydrogen) atoms. The van der Waals surface area contributed by atoms with Crippen LogP contribution in [-0.2, 0) is 25.9 Å². The molecule has 0 aliphatic rings. The number of benzene rings is 2. The molecule has 0 saturated carbocycles. The third-order valence-electron chi connectivity index (χ3n) is 7.15. The number of halogens is 1. The molecule has 3 aromatic rings. The quantitative estimate of drug-likeness (QED) is 0.282. The van der Waals surface area contributed by atoms with Gasteiger partial charge in [-0.05, 0) is 54.5 Å². The van der Waals surface area contributed by atoms with Gasteiger partial charge in [-0.25, -0.2) is 4.39 Å². The topological polar surface area (TPSA) is 96.7 Å². The first-order valence-corrected chi connectivity index (χ1v) is 13.7. The van der Waals surface area contributed by atoms with Gasteiger partial charge in [0.15, 0.2) is 5.16 Å². The van der Waals surface area contributed by atoms with Crippen molar-refractivity contribution in [2.24, 2.45) is 0 Å². The zero-order chi connectivity index (χ0) is 27.5. The molecule has 0 spiro atoms. The van der Waals surface area contributed by atoms with Crippen LogP contribution in [0.2, 0.25) is 0 Å².